The third-order valence-corrected chi connectivity index (χ3v) is 6.83. The molecule has 2 fully saturated rings. The minimum Gasteiger partial charge on any atom is -0.490 e. The van der Waals surface area contributed by atoms with E-state index < -0.39 is 0 Å². The van der Waals surface area contributed by atoms with Gasteiger partial charge in [-0.25, -0.2) is 4.98 Å². The Kier molecular flexibility index (Phi) is 6.99. The van der Waals surface area contributed by atoms with E-state index in [1.165, 1.54) is 12.7 Å². The number of carbonyl (C=O) groups excluding carboxylic acids is 1. The molecule has 3 N–H and O–H groups in total. The first-order chi connectivity index (χ1) is 17.6. The number of hydrogen-bond acceptors (Lipinski definition) is 9. The fraction of sp³-hybridized carbons (Fsp3) is 0.480. The molecular weight excluding hydrogens is 462 g/mol. The summed E-state index contributed by atoms with van der Waals surface area (Å²) in [5.41, 5.74) is 3.14. The molecule has 2 aliphatic rings. The normalized spacial score (nSPS) is 17.9. The van der Waals surface area contributed by atoms with E-state index in [0.29, 0.717) is 35.4 Å². The summed E-state index contributed by atoms with van der Waals surface area (Å²) in [5, 5.41) is 20.5. The van der Waals surface area contributed by atoms with Crippen LogP contribution in [0.4, 0.5) is 5.82 Å². The molecule has 0 spiro atoms. The summed E-state index contributed by atoms with van der Waals surface area (Å²) < 4.78 is 11.0. The Balaban J connectivity index is 1.27. The maximum absolute atomic E-state index is 12.7. The molecule has 3 aromatic heterocycles. The molecule has 0 radical (unpaired) electrons. The van der Waals surface area contributed by atoms with Crippen LogP contribution in [0.5, 0.6) is 11.8 Å². The highest BCUT2D eigenvalue weighted by molar-refractivity contribution is 5.93. The number of nitrogens with zero attached hydrogens (tertiary/aromatic N) is 5. The maximum atomic E-state index is 12.7. The second kappa shape index (κ2) is 10.5. The van der Waals surface area contributed by atoms with Gasteiger partial charge >= 0.3 is 6.01 Å². The number of aliphatic hydroxyl groups excluding tert-OH is 1. The van der Waals surface area contributed by atoms with E-state index >= 15 is 0 Å². The van der Waals surface area contributed by atoms with Crippen LogP contribution in [-0.4, -0.2) is 76.1 Å². The van der Waals surface area contributed by atoms with Crippen LogP contribution in [0.1, 0.15) is 47.8 Å². The molecule has 1 unspecified atom stereocenters. The predicted molar refractivity (Wildman–Crippen MR) is 133 cm³/mol. The third-order valence-electron chi connectivity index (χ3n) is 6.83. The number of allylic oxidation sites excluding steroid dienone is 1. The van der Waals surface area contributed by atoms with Crippen LogP contribution in [0.15, 0.2) is 30.5 Å². The van der Waals surface area contributed by atoms with E-state index in [4.69, 9.17) is 14.6 Å². The number of fused-ring (bicyclic) bond motifs is 1. The highest BCUT2D eigenvalue weighted by atomic mass is 16.5. The van der Waals surface area contributed by atoms with Crippen LogP contribution in [0, 0.1) is 5.92 Å². The van der Waals surface area contributed by atoms with E-state index in [9.17, 15) is 4.79 Å². The summed E-state index contributed by atoms with van der Waals surface area (Å²) >= 11 is 0. The first kappa shape index (κ1) is 24.0. The second-order valence-corrected chi connectivity index (χ2v) is 9.18. The van der Waals surface area contributed by atoms with Gasteiger partial charge in [0.2, 0.25) is 0 Å². The predicted octanol–water partition coefficient (Wildman–Crippen LogP) is 2.21. The molecule has 1 aliphatic heterocycles. The van der Waals surface area contributed by atoms with Gasteiger partial charge in [0.15, 0.2) is 5.65 Å². The van der Waals surface area contributed by atoms with Crippen molar-refractivity contribution in [3.8, 4) is 11.8 Å². The lowest BCUT2D eigenvalue weighted by Crippen LogP contribution is -2.34. The zero-order valence-corrected chi connectivity index (χ0v) is 20.4. The number of pyridine rings is 1. The Morgan fingerprint density at radius 2 is 2.14 bits per heavy atom. The van der Waals surface area contributed by atoms with E-state index in [1.807, 2.05) is 0 Å². The van der Waals surface area contributed by atoms with Gasteiger partial charge in [0.1, 0.15) is 23.9 Å². The van der Waals surface area contributed by atoms with Crippen molar-refractivity contribution in [2.45, 2.75) is 31.6 Å². The molecule has 1 atom stereocenters. The zero-order chi connectivity index (χ0) is 25.1. The maximum Gasteiger partial charge on any atom is 0.318 e. The van der Waals surface area contributed by atoms with Crippen LogP contribution >= 0.6 is 0 Å². The molecular formula is C25H31N7O4. The molecule has 5 rings (SSSR count). The van der Waals surface area contributed by atoms with Crippen molar-refractivity contribution in [3.63, 3.8) is 0 Å². The van der Waals surface area contributed by atoms with Crippen molar-refractivity contribution in [2.75, 3.05) is 44.9 Å². The number of anilines is 1. The van der Waals surface area contributed by atoms with Gasteiger partial charge in [0.25, 0.3) is 5.91 Å². The van der Waals surface area contributed by atoms with E-state index in [1.54, 1.807) is 18.3 Å². The first-order valence-corrected chi connectivity index (χ1v) is 12.3. The number of piperidine rings is 1. The fourth-order valence-corrected chi connectivity index (χ4v) is 4.71. The smallest absolute Gasteiger partial charge is 0.318 e. The van der Waals surface area contributed by atoms with Crippen LogP contribution < -0.4 is 19.7 Å². The van der Waals surface area contributed by atoms with Crippen molar-refractivity contribution in [1.29, 1.82) is 0 Å². The Hall–Kier alpha value is -3.73. The lowest BCUT2D eigenvalue weighted by molar-refractivity contribution is 0.0946. The summed E-state index contributed by atoms with van der Waals surface area (Å²) in [4.78, 5) is 28.0. The standard InChI is InChI=1S/C25H31N7O4/c1-15-13-17(15)3-7-27-24(34)18-14-20(29-25(28-18)35-2)32-9-5-16(6-10-32)22-21-19(36-12-11-33)4-8-26-23(21)31-30-22/h4,8,14,16-17,33H,1,3,5-7,9-13H2,2H3,(H,27,34)(H,26,30,31). The largest absolute Gasteiger partial charge is 0.490 e. The Morgan fingerprint density at radius 1 is 1.33 bits per heavy atom. The monoisotopic (exact) mass is 493 g/mol. The number of nitrogens with one attached hydrogen (secondary N) is 2. The summed E-state index contributed by atoms with van der Waals surface area (Å²) in [5.74, 6) is 1.87. The van der Waals surface area contributed by atoms with Gasteiger partial charge in [-0.05, 0) is 37.7 Å². The van der Waals surface area contributed by atoms with E-state index in [2.05, 4.69) is 41.9 Å². The van der Waals surface area contributed by atoms with Crippen LogP contribution in [0.3, 0.4) is 0 Å². The number of carbonyl (C=O) groups is 1. The number of rotatable bonds is 10. The molecule has 190 valence electrons. The number of H-pyrrole nitrogens is 1. The first-order valence-electron chi connectivity index (χ1n) is 12.3. The third kappa shape index (κ3) is 5.11. The highest BCUT2D eigenvalue weighted by Crippen LogP contribution is 2.38. The average molecular weight is 494 g/mol. The Labute approximate surface area is 208 Å². The van der Waals surface area contributed by atoms with Crippen LogP contribution in [-0.2, 0) is 0 Å². The van der Waals surface area contributed by atoms with Gasteiger partial charge in [0.05, 0.1) is 24.8 Å². The number of aliphatic hydroxyl groups is 1. The van der Waals surface area contributed by atoms with Gasteiger partial charge in [-0.2, -0.15) is 15.1 Å². The summed E-state index contributed by atoms with van der Waals surface area (Å²) in [7, 11) is 1.50. The number of hydrogen-bond donors (Lipinski definition) is 3. The number of aromatic amines is 1. The molecule has 1 amide bonds. The topological polar surface area (TPSA) is 138 Å². The molecule has 1 saturated carbocycles. The quantitative estimate of drug-likeness (QED) is 0.363. The lowest BCUT2D eigenvalue weighted by atomic mass is 9.92. The summed E-state index contributed by atoms with van der Waals surface area (Å²) in [6.07, 6.45) is 5.31. The molecule has 11 nitrogen and oxygen atoms in total. The van der Waals surface area contributed by atoms with Crippen molar-refractivity contribution in [2.24, 2.45) is 5.92 Å². The molecule has 11 heteroatoms. The Morgan fingerprint density at radius 3 is 2.86 bits per heavy atom. The molecule has 4 heterocycles. The van der Waals surface area contributed by atoms with Gasteiger partial charge < -0.3 is 24.8 Å². The van der Waals surface area contributed by atoms with Crippen LogP contribution in [0.25, 0.3) is 11.0 Å². The number of ether oxygens (including phenoxy) is 2. The van der Waals surface area contributed by atoms with Gasteiger partial charge in [-0.3, -0.25) is 9.89 Å². The highest BCUT2D eigenvalue weighted by Gasteiger charge is 2.28. The summed E-state index contributed by atoms with van der Waals surface area (Å²) in [6, 6.07) is 3.70. The van der Waals surface area contributed by atoms with Crippen molar-refractivity contribution in [3.05, 3.63) is 41.9 Å². The molecule has 3 aromatic rings. The fourth-order valence-electron chi connectivity index (χ4n) is 4.71. The van der Waals surface area contributed by atoms with Gasteiger partial charge in [-0.15, -0.1) is 0 Å². The minimum atomic E-state index is -0.232. The number of aromatic nitrogens is 5. The Bertz CT molecular complexity index is 1250. The van der Waals surface area contributed by atoms with Crippen molar-refractivity contribution in [1.82, 2.24) is 30.5 Å². The van der Waals surface area contributed by atoms with Crippen LogP contribution in [0.2, 0.25) is 0 Å². The molecule has 0 aromatic carbocycles. The van der Waals surface area contributed by atoms with Gasteiger partial charge in [-0.1, -0.05) is 12.2 Å². The average Bonchev–Trinajstić information content (AvgIpc) is 3.44. The van der Waals surface area contributed by atoms with Crippen molar-refractivity contribution >= 4 is 22.8 Å². The second-order valence-electron chi connectivity index (χ2n) is 9.18. The molecule has 36 heavy (non-hydrogen) atoms. The van der Waals surface area contributed by atoms with Gasteiger partial charge in [0, 0.05) is 37.8 Å². The lowest BCUT2D eigenvalue weighted by Gasteiger charge is -2.32. The van der Waals surface area contributed by atoms with E-state index in [-0.39, 0.29) is 31.0 Å². The zero-order valence-electron chi connectivity index (χ0n) is 20.4. The molecule has 0 bridgehead atoms. The molecule has 1 aliphatic carbocycles. The number of methoxy groups -OCH3 is 1. The number of amides is 1. The van der Waals surface area contributed by atoms with Crippen molar-refractivity contribution < 1.29 is 19.4 Å². The molecule has 1 saturated heterocycles. The minimum absolute atomic E-state index is 0.0614. The van der Waals surface area contributed by atoms with E-state index in [0.717, 1.165) is 49.9 Å². The summed E-state index contributed by atoms with van der Waals surface area (Å²) in [6.45, 7) is 6.18. The SMILES string of the molecule is C=C1CC1CCNC(=O)c1cc(N2CCC(c3[nH]nc4nccc(OCCO)c34)CC2)nc(OC)n1.